The number of methoxy groups -OCH3 is 2. The van der Waals surface area contributed by atoms with E-state index in [4.69, 9.17) is 9.47 Å². The maximum Gasteiger partial charge on any atom is 0.357 e. The molecule has 0 unspecified atom stereocenters. The largest absolute Gasteiger partial charge is 0.465 e. The fraction of sp³-hybridized carbons (Fsp3) is 0.150. The van der Waals surface area contributed by atoms with Crippen molar-refractivity contribution < 1.29 is 27.8 Å². The normalized spacial score (nSPS) is 10.6. The Hall–Kier alpha value is -3.55. The summed E-state index contributed by atoms with van der Waals surface area (Å²) < 4.78 is 39.4. The minimum Gasteiger partial charge on any atom is -0.465 e. The molecule has 6 nitrogen and oxygen atoms in total. The molecule has 0 spiro atoms. The molecular weight excluding hydrogens is 370 g/mol. The fourth-order valence-electron chi connectivity index (χ4n) is 2.77. The monoisotopic (exact) mass is 386 g/mol. The lowest BCUT2D eigenvalue weighted by Gasteiger charge is -2.07. The van der Waals surface area contributed by atoms with Crippen molar-refractivity contribution in [2.24, 2.45) is 0 Å². The Morgan fingerprint density at radius 3 is 2.18 bits per heavy atom. The van der Waals surface area contributed by atoms with Gasteiger partial charge in [-0.3, -0.25) is 0 Å². The van der Waals surface area contributed by atoms with Crippen LogP contribution in [0.25, 0.3) is 16.9 Å². The minimum atomic E-state index is -1.18. The van der Waals surface area contributed by atoms with Gasteiger partial charge >= 0.3 is 11.9 Å². The smallest absolute Gasteiger partial charge is 0.357 e. The van der Waals surface area contributed by atoms with Crippen LogP contribution >= 0.6 is 0 Å². The number of benzene rings is 2. The van der Waals surface area contributed by atoms with Gasteiger partial charge in [-0.1, -0.05) is 24.3 Å². The van der Waals surface area contributed by atoms with Crippen LogP contribution in [0.4, 0.5) is 8.78 Å². The summed E-state index contributed by atoms with van der Waals surface area (Å²) in [4.78, 5) is 24.9. The zero-order valence-electron chi connectivity index (χ0n) is 15.3. The molecule has 0 atom stereocenters. The molecule has 8 heteroatoms. The average Bonchev–Trinajstić information content (AvgIpc) is 3.12. The molecule has 0 saturated heterocycles. The third-order valence-corrected chi connectivity index (χ3v) is 4.18. The van der Waals surface area contributed by atoms with Crippen molar-refractivity contribution in [1.82, 2.24) is 9.78 Å². The Kier molecular flexibility index (Phi) is 5.21. The standard InChI is InChI=1S/C20H16F2N2O4/c1-11-9-10-13(16(22)15(11)21)17-14(19(25)27-2)18(20(26)28-3)24(23-17)12-7-5-4-6-8-12/h4-10H,1-3H3. The summed E-state index contributed by atoms with van der Waals surface area (Å²) >= 11 is 0. The van der Waals surface area contributed by atoms with Crippen LogP contribution < -0.4 is 0 Å². The van der Waals surface area contributed by atoms with Crippen molar-refractivity contribution in [3.05, 3.63) is 70.9 Å². The number of carbonyl (C=O) groups is 2. The van der Waals surface area contributed by atoms with Crippen LogP contribution in [0.2, 0.25) is 0 Å². The predicted octanol–water partition coefficient (Wildman–Crippen LogP) is 3.70. The van der Waals surface area contributed by atoms with Gasteiger partial charge in [0.05, 0.1) is 19.9 Å². The summed E-state index contributed by atoms with van der Waals surface area (Å²) in [6.45, 7) is 1.41. The molecule has 0 aliphatic heterocycles. The number of carbonyl (C=O) groups excluding carboxylic acids is 2. The molecule has 0 saturated carbocycles. The Labute approximate surface area is 159 Å². The van der Waals surface area contributed by atoms with E-state index >= 15 is 0 Å². The summed E-state index contributed by atoms with van der Waals surface area (Å²) in [6, 6.07) is 11.1. The lowest BCUT2D eigenvalue weighted by molar-refractivity contribution is 0.0549. The van der Waals surface area contributed by atoms with Gasteiger partial charge in [0.2, 0.25) is 0 Å². The fourth-order valence-corrected chi connectivity index (χ4v) is 2.77. The molecular formula is C20H16F2N2O4. The second kappa shape index (κ2) is 7.59. The second-order valence-corrected chi connectivity index (χ2v) is 5.86. The SMILES string of the molecule is COC(=O)c1c(-c2ccc(C)c(F)c2F)nn(-c2ccccc2)c1C(=O)OC. The van der Waals surface area contributed by atoms with Crippen molar-refractivity contribution in [1.29, 1.82) is 0 Å². The summed E-state index contributed by atoms with van der Waals surface area (Å²) in [5.41, 5.74) is -0.559. The number of aryl methyl sites for hydroxylation is 1. The highest BCUT2D eigenvalue weighted by Gasteiger charge is 2.32. The average molecular weight is 386 g/mol. The van der Waals surface area contributed by atoms with Crippen molar-refractivity contribution in [2.75, 3.05) is 14.2 Å². The molecule has 0 radical (unpaired) electrons. The predicted molar refractivity (Wildman–Crippen MR) is 96.3 cm³/mol. The third-order valence-electron chi connectivity index (χ3n) is 4.18. The van der Waals surface area contributed by atoms with E-state index in [2.05, 4.69) is 5.10 Å². The third kappa shape index (κ3) is 3.13. The molecule has 0 aliphatic carbocycles. The van der Waals surface area contributed by atoms with Crippen molar-refractivity contribution in [3.63, 3.8) is 0 Å². The van der Waals surface area contributed by atoms with Gasteiger partial charge in [0, 0.05) is 5.56 Å². The molecule has 1 aromatic heterocycles. The molecule has 3 rings (SSSR count). The number of hydrogen-bond acceptors (Lipinski definition) is 5. The summed E-state index contributed by atoms with van der Waals surface area (Å²) in [5.74, 6) is -4.06. The van der Waals surface area contributed by atoms with Crippen molar-refractivity contribution >= 4 is 11.9 Å². The van der Waals surface area contributed by atoms with Crippen LogP contribution in [0.3, 0.4) is 0 Å². The van der Waals surface area contributed by atoms with Crippen LogP contribution in [-0.2, 0) is 9.47 Å². The zero-order valence-corrected chi connectivity index (χ0v) is 15.3. The van der Waals surface area contributed by atoms with Crippen LogP contribution in [0.1, 0.15) is 26.4 Å². The van der Waals surface area contributed by atoms with E-state index in [0.29, 0.717) is 5.69 Å². The molecule has 144 valence electrons. The van der Waals surface area contributed by atoms with Gasteiger partial charge in [-0.15, -0.1) is 0 Å². The molecule has 28 heavy (non-hydrogen) atoms. The molecule has 0 aliphatic rings. The van der Waals surface area contributed by atoms with Gasteiger partial charge in [-0.25, -0.2) is 23.1 Å². The molecule has 0 fully saturated rings. The van der Waals surface area contributed by atoms with Gasteiger partial charge in [0.1, 0.15) is 11.3 Å². The maximum absolute atomic E-state index is 14.6. The van der Waals surface area contributed by atoms with Crippen LogP contribution in [0, 0.1) is 18.6 Å². The second-order valence-electron chi connectivity index (χ2n) is 5.86. The number of aromatic nitrogens is 2. The van der Waals surface area contributed by atoms with Crippen LogP contribution in [0.15, 0.2) is 42.5 Å². The first-order valence-electron chi connectivity index (χ1n) is 8.20. The number of ether oxygens (including phenoxy) is 2. The van der Waals surface area contributed by atoms with E-state index in [0.717, 1.165) is 18.9 Å². The molecule has 0 amide bonds. The van der Waals surface area contributed by atoms with Gasteiger partial charge in [0.15, 0.2) is 17.3 Å². The van der Waals surface area contributed by atoms with Gasteiger partial charge in [0.25, 0.3) is 0 Å². The van der Waals surface area contributed by atoms with Gasteiger partial charge in [-0.2, -0.15) is 5.10 Å². The molecule has 0 bridgehead atoms. The topological polar surface area (TPSA) is 70.4 Å². The van der Waals surface area contributed by atoms with Crippen molar-refractivity contribution in [2.45, 2.75) is 6.92 Å². The number of hydrogen-bond donors (Lipinski definition) is 0. The van der Waals surface area contributed by atoms with Crippen LogP contribution in [0.5, 0.6) is 0 Å². The zero-order chi connectivity index (χ0) is 20.4. The molecule has 0 N–H and O–H groups in total. The number of rotatable bonds is 4. The van der Waals surface area contributed by atoms with Gasteiger partial charge in [-0.05, 0) is 30.7 Å². The molecule has 1 heterocycles. The Balaban J connectivity index is 2.41. The van der Waals surface area contributed by atoms with E-state index in [1.807, 2.05) is 0 Å². The van der Waals surface area contributed by atoms with E-state index in [-0.39, 0.29) is 28.1 Å². The Morgan fingerprint density at radius 2 is 1.57 bits per heavy atom. The van der Waals surface area contributed by atoms with Gasteiger partial charge < -0.3 is 9.47 Å². The molecule has 3 aromatic rings. The first-order chi connectivity index (χ1) is 13.4. The van der Waals surface area contributed by atoms with E-state index in [1.54, 1.807) is 30.3 Å². The Bertz CT molecular complexity index is 1060. The van der Waals surface area contributed by atoms with E-state index in [1.165, 1.54) is 19.1 Å². The summed E-state index contributed by atoms with van der Waals surface area (Å²) in [6.07, 6.45) is 0. The number of para-hydroxylation sites is 1. The van der Waals surface area contributed by atoms with Crippen LogP contribution in [-0.4, -0.2) is 35.9 Å². The minimum absolute atomic E-state index is 0.0940. The highest BCUT2D eigenvalue weighted by molar-refractivity contribution is 6.06. The first-order valence-corrected chi connectivity index (χ1v) is 8.20. The van der Waals surface area contributed by atoms with Crippen molar-refractivity contribution in [3.8, 4) is 16.9 Å². The lowest BCUT2D eigenvalue weighted by Crippen LogP contribution is -2.15. The Morgan fingerprint density at radius 1 is 0.929 bits per heavy atom. The van der Waals surface area contributed by atoms with E-state index < -0.39 is 23.6 Å². The summed E-state index contributed by atoms with van der Waals surface area (Å²) in [5, 5.41) is 4.23. The highest BCUT2D eigenvalue weighted by Crippen LogP contribution is 2.32. The highest BCUT2D eigenvalue weighted by atomic mass is 19.2. The maximum atomic E-state index is 14.6. The number of nitrogens with zero attached hydrogens (tertiary/aromatic N) is 2. The first kappa shape index (κ1) is 19.2. The van der Waals surface area contributed by atoms with E-state index in [9.17, 15) is 18.4 Å². The number of halogens is 2. The number of esters is 2. The lowest BCUT2D eigenvalue weighted by atomic mass is 10.0. The quantitative estimate of drug-likeness (QED) is 0.640. The summed E-state index contributed by atoms with van der Waals surface area (Å²) in [7, 11) is 2.25. The molecule has 2 aromatic carbocycles.